The Morgan fingerprint density at radius 2 is 1.96 bits per heavy atom. The van der Waals surface area contributed by atoms with Crippen molar-refractivity contribution >= 4 is 29.4 Å². The number of nitrogens with zero attached hydrogens (tertiary/aromatic N) is 2. The minimum Gasteiger partial charge on any atom is -0.493 e. The molecule has 2 amide bonds. The van der Waals surface area contributed by atoms with Gasteiger partial charge in [-0.3, -0.25) is 14.4 Å². The summed E-state index contributed by atoms with van der Waals surface area (Å²) in [5.41, 5.74) is 0.344. The van der Waals surface area contributed by atoms with Crippen LogP contribution in [0.25, 0.3) is 0 Å². The van der Waals surface area contributed by atoms with Crippen molar-refractivity contribution in [3.05, 3.63) is 28.8 Å². The fourth-order valence-corrected chi connectivity index (χ4v) is 3.07. The second kappa shape index (κ2) is 8.89. The molecule has 142 valence electrons. The molecule has 1 aliphatic heterocycles. The van der Waals surface area contributed by atoms with Gasteiger partial charge in [-0.1, -0.05) is 11.6 Å². The van der Waals surface area contributed by atoms with Crippen LogP contribution in [0.15, 0.2) is 18.2 Å². The fraction of sp³-hybridized carbons (Fsp3) is 0.500. The predicted octanol–water partition coefficient (Wildman–Crippen LogP) is 2.13. The van der Waals surface area contributed by atoms with Crippen molar-refractivity contribution in [1.29, 1.82) is 0 Å². The molecule has 0 bridgehead atoms. The van der Waals surface area contributed by atoms with Gasteiger partial charge in [-0.05, 0) is 38.0 Å². The van der Waals surface area contributed by atoms with E-state index >= 15 is 0 Å². The van der Waals surface area contributed by atoms with E-state index in [0.29, 0.717) is 48.9 Å². The predicted molar refractivity (Wildman–Crippen MR) is 96.5 cm³/mol. The summed E-state index contributed by atoms with van der Waals surface area (Å²) in [5, 5.41) is 9.48. The minimum atomic E-state index is -0.824. The molecule has 1 heterocycles. The quantitative estimate of drug-likeness (QED) is 0.814. The van der Waals surface area contributed by atoms with Gasteiger partial charge in [0.15, 0.2) is 0 Å². The Morgan fingerprint density at radius 1 is 1.31 bits per heavy atom. The van der Waals surface area contributed by atoms with Gasteiger partial charge in [0.2, 0.25) is 5.91 Å². The number of likely N-dealkylation sites (tertiary alicyclic amines) is 1. The van der Waals surface area contributed by atoms with Gasteiger partial charge in [0, 0.05) is 25.2 Å². The van der Waals surface area contributed by atoms with E-state index in [1.165, 1.54) is 4.90 Å². The molecule has 26 heavy (non-hydrogen) atoms. The highest BCUT2D eigenvalue weighted by Crippen LogP contribution is 2.25. The number of rotatable bonds is 6. The van der Waals surface area contributed by atoms with Crippen LogP contribution in [0.2, 0.25) is 5.02 Å². The maximum Gasteiger partial charge on any atom is 0.306 e. The Morgan fingerprint density at radius 3 is 2.54 bits per heavy atom. The van der Waals surface area contributed by atoms with E-state index in [1.807, 2.05) is 6.92 Å². The van der Waals surface area contributed by atoms with Crippen LogP contribution in [-0.4, -0.2) is 66.0 Å². The molecule has 7 nitrogen and oxygen atoms in total. The first-order valence-electron chi connectivity index (χ1n) is 8.51. The average Bonchev–Trinajstić information content (AvgIpc) is 2.61. The van der Waals surface area contributed by atoms with Crippen molar-refractivity contribution in [2.45, 2.75) is 19.8 Å². The molecule has 0 radical (unpaired) electrons. The molecule has 2 rings (SSSR count). The van der Waals surface area contributed by atoms with Crippen molar-refractivity contribution in [3.8, 4) is 5.75 Å². The largest absolute Gasteiger partial charge is 0.493 e. The van der Waals surface area contributed by atoms with Crippen molar-refractivity contribution in [3.63, 3.8) is 0 Å². The number of likely N-dealkylation sites (N-methyl/N-ethyl adjacent to an activating group) is 1. The molecule has 0 aromatic heterocycles. The van der Waals surface area contributed by atoms with E-state index in [1.54, 1.807) is 30.1 Å². The molecule has 0 spiro atoms. The van der Waals surface area contributed by atoms with Gasteiger partial charge in [-0.25, -0.2) is 0 Å². The fourth-order valence-electron chi connectivity index (χ4n) is 2.90. The smallest absolute Gasteiger partial charge is 0.306 e. The van der Waals surface area contributed by atoms with Crippen molar-refractivity contribution in [2.75, 3.05) is 33.3 Å². The summed E-state index contributed by atoms with van der Waals surface area (Å²) in [7, 11) is 1.55. The Kier molecular flexibility index (Phi) is 6.85. The average molecular weight is 383 g/mol. The number of carboxylic acids is 1. The lowest BCUT2D eigenvalue weighted by Gasteiger charge is -2.31. The third kappa shape index (κ3) is 4.88. The molecule has 1 fully saturated rings. The lowest BCUT2D eigenvalue weighted by Crippen LogP contribution is -2.45. The topological polar surface area (TPSA) is 87.2 Å². The van der Waals surface area contributed by atoms with Gasteiger partial charge in [0.1, 0.15) is 5.75 Å². The van der Waals surface area contributed by atoms with Gasteiger partial charge >= 0.3 is 5.97 Å². The Balaban J connectivity index is 1.99. The van der Waals surface area contributed by atoms with Crippen LogP contribution in [0.3, 0.4) is 0 Å². The van der Waals surface area contributed by atoms with Gasteiger partial charge in [-0.15, -0.1) is 0 Å². The molecule has 0 aliphatic carbocycles. The van der Waals surface area contributed by atoms with E-state index in [0.717, 1.165) is 0 Å². The summed E-state index contributed by atoms with van der Waals surface area (Å²) < 4.78 is 5.46. The van der Waals surface area contributed by atoms with E-state index in [2.05, 4.69) is 0 Å². The molecule has 0 atom stereocenters. The number of benzene rings is 1. The van der Waals surface area contributed by atoms with E-state index in [-0.39, 0.29) is 18.4 Å². The third-order valence-electron chi connectivity index (χ3n) is 4.39. The van der Waals surface area contributed by atoms with E-state index < -0.39 is 11.9 Å². The summed E-state index contributed by atoms with van der Waals surface area (Å²) >= 11 is 5.95. The molecule has 1 N–H and O–H groups in total. The van der Waals surface area contributed by atoms with Crippen molar-refractivity contribution < 1.29 is 24.2 Å². The highest BCUT2D eigenvalue weighted by Gasteiger charge is 2.28. The van der Waals surface area contributed by atoms with Gasteiger partial charge in [-0.2, -0.15) is 0 Å². The standard InChI is InChI=1S/C18H23ClN2O5/c1-3-26-15-10-13(19)4-5-14(15)17(23)20(2)11-16(22)21-8-6-12(7-9-21)18(24)25/h4-5,10,12H,3,6-9,11H2,1-2H3,(H,24,25). The minimum absolute atomic E-state index is 0.0786. The second-order valence-corrected chi connectivity index (χ2v) is 6.66. The zero-order valence-corrected chi connectivity index (χ0v) is 15.7. The molecule has 8 heteroatoms. The van der Waals surface area contributed by atoms with Gasteiger partial charge in [0.25, 0.3) is 5.91 Å². The molecule has 1 aromatic rings. The van der Waals surface area contributed by atoms with Gasteiger partial charge in [0.05, 0.1) is 24.6 Å². The van der Waals surface area contributed by atoms with Crippen LogP contribution >= 0.6 is 11.6 Å². The molecule has 0 saturated carbocycles. The van der Waals surface area contributed by atoms with Crippen LogP contribution in [0.4, 0.5) is 0 Å². The van der Waals surface area contributed by atoms with Crippen LogP contribution in [-0.2, 0) is 9.59 Å². The number of piperidine rings is 1. The lowest BCUT2D eigenvalue weighted by molar-refractivity contribution is -0.145. The van der Waals surface area contributed by atoms with Gasteiger partial charge < -0.3 is 19.6 Å². The maximum atomic E-state index is 12.7. The molecule has 1 aliphatic rings. The zero-order valence-electron chi connectivity index (χ0n) is 14.9. The number of carbonyl (C=O) groups excluding carboxylic acids is 2. The van der Waals surface area contributed by atoms with Crippen molar-refractivity contribution in [1.82, 2.24) is 9.80 Å². The summed E-state index contributed by atoms with van der Waals surface area (Å²) in [6.45, 7) is 2.90. The highest BCUT2D eigenvalue weighted by atomic mass is 35.5. The number of carbonyl (C=O) groups is 3. The van der Waals surface area contributed by atoms with Crippen LogP contribution in [0.1, 0.15) is 30.1 Å². The lowest BCUT2D eigenvalue weighted by atomic mass is 9.97. The molecular formula is C18H23ClN2O5. The summed E-state index contributed by atoms with van der Waals surface area (Å²) in [4.78, 5) is 39.0. The highest BCUT2D eigenvalue weighted by molar-refractivity contribution is 6.30. The second-order valence-electron chi connectivity index (χ2n) is 6.23. The number of carboxylic acid groups (broad SMARTS) is 1. The maximum absolute atomic E-state index is 12.7. The Bertz CT molecular complexity index is 686. The SMILES string of the molecule is CCOc1cc(Cl)ccc1C(=O)N(C)CC(=O)N1CCC(C(=O)O)CC1. The number of amides is 2. The Labute approximate surface area is 157 Å². The van der Waals surface area contributed by atoms with Crippen molar-refractivity contribution in [2.24, 2.45) is 5.92 Å². The monoisotopic (exact) mass is 382 g/mol. The zero-order chi connectivity index (χ0) is 19.3. The molecule has 1 aromatic carbocycles. The molecule has 0 unspecified atom stereocenters. The van der Waals surface area contributed by atoms with Crippen LogP contribution in [0.5, 0.6) is 5.75 Å². The summed E-state index contributed by atoms with van der Waals surface area (Å²) in [5.74, 6) is -1.38. The van der Waals surface area contributed by atoms with E-state index in [9.17, 15) is 14.4 Å². The molecule has 1 saturated heterocycles. The Hall–Kier alpha value is -2.28. The van der Waals surface area contributed by atoms with Crippen LogP contribution in [0, 0.1) is 5.92 Å². The summed E-state index contributed by atoms with van der Waals surface area (Å²) in [6, 6.07) is 4.75. The molecular weight excluding hydrogens is 360 g/mol. The number of hydrogen-bond acceptors (Lipinski definition) is 4. The summed E-state index contributed by atoms with van der Waals surface area (Å²) in [6.07, 6.45) is 0.870. The normalized spacial score (nSPS) is 14.8. The number of aliphatic carboxylic acids is 1. The number of ether oxygens (including phenoxy) is 1. The van der Waals surface area contributed by atoms with Crippen LogP contribution < -0.4 is 4.74 Å². The first kappa shape index (κ1) is 20.0. The first-order valence-corrected chi connectivity index (χ1v) is 8.89. The first-order chi connectivity index (χ1) is 12.3. The number of hydrogen-bond donors (Lipinski definition) is 1. The number of halogens is 1. The third-order valence-corrected chi connectivity index (χ3v) is 4.63. The van der Waals surface area contributed by atoms with E-state index in [4.69, 9.17) is 21.4 Å².